The Morgan fingerprint density at radius 3 is 3.12 bits per heavy atom. The normalized spacial score (nSPS) is 30.2. The van der Waals surface area contributed by atoms with E-state index in [4.69, 9.17) is 5.73 Å². The van der Waals surface area contributed by atoms with E-state index in [1.165, 1.54) is 0 Å². The highest BCUT2D eigenvalue weighted by Gasteiger charge is 2.32. The monoisotopic (exact) mass is 239 g/mol. The first-order chi connectivity index (χ1) is 7.72. The number of nitrogens with two attached hydrogens (primary N) is 1. The minimum atomic E-state index is -0.391. The maximum Gasteiger partial charge on any atom is 0.115 e. The lowest BCUT2D eigenvalue weighted by atomic mass is 9.83. The summed E-state index contributed by atoms with van der Waals surface area (Å²) in [5.41, 5.74) is 5.71. The minimum Gasteiger partial charge on any atom is -0.394 e. The van der Waals surface area contributed by atoms with Crippen LogP contribution in [0.4, 0.5) is 0 Å². The molecular formula is C11H17N3OS. The molecule has 0 amide bonds. The van der Waals surface area contributed by atoms with Crippen molar-refractivity contribution in [2.24, 2.45) is 5.73 Å². The SMILES string of the molecule is NC1(CO)CCCC(Sc2cnccn2)C1. The fourth-order valence-corrected chi connectivity index (χ4v) is 3.39. The Hall–Kier alpha value is -0.650. The molecule has 1 aromatic heterocycles. The van der Waals surface area contributed by atoms with Gasteiger partial charge in [0, 0.05) is 23.2 Å². The van der Waals surface area contributed by atoms with E-state index in [9.17, 15) is 5.11 Å². The van der Waals surface area contributed by atoms with Crippen LogP contribution in [-0.4, -0.2) is 32.5 Å². The number of rotatable bonds is 3. The second kappa shape index (κ2) is 5.12. The van der Waals surface area contributed by atoms with Gasteiger partial charge in [-0.05, 0) is 19.3 Å². The molecule has 1 aliphatic rings. The average Bonchev–Trinajstić information content (AvgIpc) is 2.30. The first-order valence-electron chi connectivity index (χ1n) is 5.54. The van der Waals surface area contributed by atoms with Crippen LogP contribution in [0.25, 0.3) is 0 Å². The second-order valence-electron chi connectivity index (χ2n) is 4.40. The molecule has 5 heteroatoms. The summed E-state index contributed by atoms with van der Waals surface area (Å²) in [6, 6.07) is 0. The van der Waals surface area contributed by atoms with Crippen LogP contribution >= 0.6 is 11.8 Å². The Balaban J connectivity index is 1.96. The van der Waals surface area contributed by atoms with Crippen LogP contribution in [0.1, 0.15) is 25.7 Å². The third-order valence-corrected chi connectivity index (χ3v) is 4.16. The molecule has 1 saturated carbocycles. The third-order valence-electron chi connectivity index (χ3n) is 2.98. The first-order valence-corrected chi connectivity index (χ1v) is 6.42. The average molecular weight is 239 g/mol. The lowest BCUT2D eigenvalue weighted by molar-refractivity contribution is 0.159. The molecule has 1 fully saturated rings. The number of thioether (sulfide) groups is 1. The molecule has 0 saturated heterocycles. The van der Waals surface area contributed by atoms with Crippen LogP contribution in [0, 0.1) is 0 Å². The van der Waals surface area contributed by atoms with Crippen molar-refractivity contribution < 1.29 is 5.11 Å². The van der Waals surface area contributed by atoms with Gasteiger partial charge in [0.1, 0.15) is 5.03 Å². The van der Waals surface area contributed by atoms with Crippen LogP contribution in [0.15, 0.2) is 23.6 Å². The van der Waals surface area contributed by atoms with Gasteiger partial charge in [0.15, 0.2) is 0 Å². The fraction of sp³-hybridized carbons (Fsp3) is 0.636. The zero-order chi connectivity index (χ0) is 11.4. The first kappa shape index (κ1) is 11.8. The quantitative estimate of drug-likeness (QED) is 0.829. The summed E-state index contributed by atoms with van der Waals surface area (Å²) >= 11 is 1.72. The van der Waals surface area contributed by atoms with E-state index < -0.39 is 5.54 Å². The molecule has 2 atom stereocenters. The number of nitrogens with zero attached hydrogens (tertiary/aromatic N) is 2. The number of aromatic nitrogens is 2. The Labute approximate surface area is 99.7 Å². The number of aliphatic hydroxyl groups excluding tert-OH is 1. The Morgan fingerprint density at radius 1 is 1.56 bits per heavy atom. The molecule has 0 aliphatic heterocycles. The van der Waals surface area contributed by atoms with Crippen LogP contribution in [-0.2, 0) is 0 Å². The van der Waals surface area contributed by atoms with Gasteiger partial charge in [0.05, 0.1) is 12.8 Å². The summed E-state index contributed by atoms with van der Waals surface area (Å²) in [4.78, 5) is 8.29. The molecule has 0 aromatic carbocycles. The van der Waals surface area contributed by atoms with Gasteiger partial charge in [-0.1, -0.05) is 6.42 Å². The minimum absolute atomic E-state index is 0.0739. The van der Waals surface area contributed by atoms with Gasteiger partial charge in [-0.25, -0.2) is 4.98 Å². The number of aliphatic hydroxyl groups is 1. The molecule has 1 aliphatic carbocycles. The van der Waals surface area contributed by atoms with E-state index in [1.54, 1.807) is 30.4 Å². The van der Waals surface area contributed by atoms with E-state index >= 15 is 0 Å². The highest BCUT2D eigenvalue weighted by Crippen LogP contribution is 2.35. The van der Waals surface area contributed by atoms with Crippen molar-refractivity contribution in [2.45, 2.75) is 41.5 Å². The van der Waals surface area contributed by atoms with Gasteiger partial charge in [0.2, 0.25) is 0 Å². The summed E-state index contributed by atoms with van der Waals surface area (Å²) in [7, 11) is 0. The summed E-state index contributed by atoms with van der Waals surface area (Å²) in [5.74, 6) is 0. The standard InChI is InChI=1S/C11H17N3OS/c12-11(8-15)3-1-2-9(6-11)16-10-7-13-4-5-14-10/h4-5,7,9,15H,1-3,6,8,12H2. The Kier molecular flexibility index (Phi) is 3.78. The number of hydrogen-bond acceptors (Lipinski definition) is 5. The van der Waals surface area contributed by atoms with Gasteiger partial charge in [-0.15, -0.1) is 11.8 Å². The molecule has 3 N–H and O–H groups in total. The topological polar surface area (TPSA) is 72.0 Å². The second-order valence-corrected chi connectivity index (χ2v) is 5.72. The van der Waals surface area contributed by atoms with E-state index in [-0.39, 0.29) is 6.61 Å². The lowest BCUT2D eigenvalue weighted by Gasteiger charge is -2.36. The smallest absolute Gasteiger partial charge is 0.115 e. The fourth-order valence-electron chi connectivity index (χ4n) is 2.10. The number of hydrogen-bond donors (Lipinski definition) is 2. The van der Waals surface area contributed by atoms with Gasteiger partial charge in [-0.3, -0.25) is 4.98 Å². The van der Waals surface area contributed by atoms with Crippen molar-refractivity contribution in [3.05, 3.63) is 18.6 Å². The largest absolute Gasteiger partial charge is 0.394 e. The van der Waals surface area contributed by atoms with Crippen LogP contribution in [0.5, 0.6) is 0 Å². The predicted octanol–water partition coefficient (Wildman–Crippen LogP) is 1.20. The van der Waals surface area contributed by atoms with Gasteiger partial charge in [0.25, 0.3) is 0 Å². The summed E-state index contributed by atoms with van der Waals surface area (Å²) in [6.07, 6.45) is 9.14. The molecule has 0 radical (unpaired) electrons. The van der Waals surface area contributed by atoms with E-state index in [0.29, 0.717) is 5.25 Å². The molecular weight excluding hydrogens is 222 g/mol. The molecule has 2 rings (SSSR count). The van der Waals surface area contributed by atoms with E-state index in [0.717, 1.165) is 30.7 Å². The molecule has 88 valence electrons. The van der Waals surface area contributed by atoms with Crippen molar-refractivity contribution in [1.82, 2.24) is 9.97 Å². The van der Waals surface area contributed by atoms with Crippen LogP contribution in [0.2, 0.25) is 0 Å². The molecule has 0 spiro atoms. The third kappa shape index (κ3) is 2.93. The predicted molar refractivity (Wildman–Crippen MR) is 64.1 cm³/mol. The van der Waals surface area contributed by atoms with Crippen molar-refractivity contribution >= 4 is 11.8 Å². The van der Waals surface area contributed by atoms with Crippen molar-refractivity contribution in [2.75, 3.05) is 6.61 Å². The summed E-state index contributed by atoms with van der Waals surface area (Å²) in [6.45, 7) is 0.0739. The zero-order valence-electron chi connectivity index (χ0n) is 9.17. The lowest BCUT2D eigenvalue weighted by Crippen LogP contribution is -2.48. The highest BCUT2D eigenvalue weighted by atomic mass is 32.2. The van der Waals surface area contributed by atoms with Crippen molar-refractivity contribution in [3.63, 3.8) is 0 Å². The molecule has 1 heterocycles. The Morgan fingerprint density at radius 2 is 2.44 bits per heavy atom. The Bertz CT molecular complexity index is 335. The molecule has 2 unspecified atom stereocenters. The van der Waals surface area contributed by atoms with Crippen molar-refractivity contribution in [3.8, 4) is 0 Å². The van der Waals surface area contributed by atoms with Gasteiger partial charge in [-0.2, -0.15) is 0 Å². The summed E-state index contributed by atoms with van der Waals surface area (Å²) in [5, 5.41) is 10.7. The zero-order valence-corrected chi connectivity index (χ0v) is 9.99. The van der Waals surface area contributed by atoms with Crippen molar-refractivity contribution in [1.29, 1.82) is 0 Å². The van der Waals surface area contributed by atoms with E-state index in [1.807, 2.05) is 0 Å². The maximum atomic E-state index is 9.27. The highest BCUT2D eigenvalue weighted by molar-refractivity contribution is 7.99. The van der Waals surface area contributed by atoms with Gasteiger partial charge < -0.3 is 10.8 Å². The van der Waals surface area contributed by atoms with E-state index in [2.05, 4.69) is 9.97 Å². The van der Waals surface area contributed by atoms with Gasteiger partial charge >= 0.3 is 0 Å². The summed E-state index contributed by atoms with van der Waals surface area (Å²) < 4.78 is 0. The van der Waals surface area contributed by atoms with Crippen LogP contribution < -0.4 is 5.73 Å². The maximum absolute atomic E-state index is 9.27. The molecule has 4 nitrogen and oxygen atoms in total. The van der Waals surface area contributed by atoms with Crippen LogP contribution in [0.3, 0.4) is 0 Å². The molecule has 0 bridgehead atoms. The molecule has 16 heavy (non-hydrogen) atoms. The molecule has 1 aromatic rings.